The highest BCUT2D eigenvalue weighted by atomic mass is 16.5. The van der Waals surface area contributed by atoms with Crippen LogP contribution in [0.2, 0.25) is 0 Å². The van der Waals surface area contributed by atoms with Gasteiger partial charge in [-0.2, -0.15) is 5.10 Å². The maximum absolute atomic E-state index is 12.3. The molecule has 0 unspecified atom stereocenters. The van der Waals surface area contributed by atoms with E-state index in [-0.39, 0.29) is 17.5 Å². The van der Waals surface area contributed by atoms with E-state index in [0.29, 0.717) is 17.0 Å². The minimum absolute atomic E-state index is 0.156. The second-order valence-corrected chi connectivity index (χ2v) is 4.30. The fourth-order valence-corrected chi connectivity index (χ4v) is 1.89. The van der Waals surface area contributed by atoms with Gasteiger partial charge in [0.25, 0.3) is 11.8 Å². The minimum atomic E-state index is -0.370. The molecule has 2 amide bonds. The number of hydrogen-bond acceptors (Lipinski definition) is 4. The summed E-state index contributed by atoms with van der Waals surface area (Å²) in [5.74, 6) is -0.281. The van der Waals surface area contributed by atoms with Crippen molar-refractivity contribution in [3.63, 3.8) is 0 Å². The molecule has 0 bridgehead atoms. The molecule has 2 N–H and O–H groups in total. The number of ether oxygens (including phenoxy) is 1. The lowest BCUT2D eigenvalue weighted by molar-refractivity contribution is 0.0958. The smallest absolute Gasteiger partial charge is 0.273 e. The van der Waals surface area contributed by atoms with Gasteiger partial charge >= 0.3 is 0 Å². The summed E-state index contributed by atoms with van der Waals surface area (Å²) < 4.78 is 6.61. The van der Waals surface area contributed by atoms with E-state index in [0.717, 1.165) is 0 Å². The number of aryl methyl sites for hydroxylation is 1. The Balaban J connectivity index is 2.30. The molecule has 2 aromatic rings. The third-order valence-electron chi connectivity index (χ3n) is 2.87. The molecule has 1 heterocycles. The second kappa shape index (κ2) is 6.08. The maximum atomic E-state index is 12.3. The van der Waals surface area contributed by atoms with Crippen LogP contribution in [0.15, 0.2) is 30.5 Å². The Morgan fingerprint density at radius 1 is 1.24 bits per heavy atom. The number of amides is 2. The van der Waals surface area contributed by atoms with Gasteiger partial charge < -0.3 is 15.4 Å². The van der Waals surface area contributed by atoms with Crippen LogP contribution in [0, 0.1) is 0 Å². The van der Waals surface area contributed by atoms with Gasteiger partial charge in [0, 0.05) is 20.3 Å². The van der Waals surface area contributed by atoms with Crippen molar-refractivity contribution in [2.24, 2.45) is 7.05 Å². The van der Waals surface area contributed by atoms with E-state index >= 15 is 0 Å². The number of carbonyl (C=O) groups excluding carboxylic acids is 2. The Morgan fingerprint density at radius 3 is 2.62 bits per heavy atom. The van der Waals surface area contributed by atoms with E-state index in [1.165, 1.54) is 18.8 Å². The van der Waals surface area contributed by atoms with Crippen LogP contribution in [0.1, 0.15) is 20.8 Å². The van der Waals surface area contributed by atoms with E-state index in [1.54, 1.807) is 37.5 Å². The fraction of sp³-hybridized carbons (Fsp3) is 0.214. The summed E-state index contributed by atoms with van der Waals surface area (Å²) in [4.78, 5) is 24.0. The topological polar surface area (TPSA) is 85.3 Å². The fourth-order valence-electron chi connectivity index (χ4n) is 1.89. The predicted octanol–water partition coefficient (Wildman–Crippen LogP) is 1.04. The number of methoxy groups -OCH3 is 1. The number of nitrogens with zero attached hydrogens (tertiary/aromatic N) is 2. The molecule has 7 nitrogen and oxygen atoms in total. The van der Waals surface area contributed by atoms with Crippen LogP contribution in [-0.2, 0) is 7.05 Å². The number of rotatable bonds is 4. The summed E-state index contributed by atoms with van der Waals surface area (Å²) in [5.41, 5.74) is 0.878. The quantitative estimate of drug-likeness (QED) is 0.880. The zero-order valence-corrected chi connectivity index (χ0v) is 12.0. The summed E-state index contributed by atoms with van der Waals surface area (Å²) in [5, 5.41) is 9.18. The first kappa shape index (κ1) is 14.6. The molecule has 0 spiro atoms. The van der Waals surface area contributed by atoms with Crippen molar-refractivity contribution < 1.29 is 14.3 Å². The average Bonchev–Trinajstić information content (AvgIpc) is 2.86. The lowest BCUT2D eigenvalue weighted by Gasteiger charge is -2.08. The molecular formula is C14H16N4O3. The molecule has 110 valence electrons. The maximum Gasteiger partial charge on any atom is 0.273 e. The van der Waals surface area contributed by atoms with E-state index in [4.69, 9.17) is 4.74 Å². The standard InChI is InChI=1S/C14H16N4O3/c1-15-14(20)12-10(8-18(2)17-12)16-13(19)9-6-4-5-7-11(9)21-3/h4-8H,1-3H3,(H,15,20)(H,16,19). The highest BCUT2D eigenvalue weighted by Gasteiger charge is 2.19. The molecule has 2 rings (SSSR count). The largest absolute Gasteiger partial charge is 0.496 e. The molecule has 0 aliphatic rings. The van der Waals surface area contributed by atoms with Crippen molar-refractivity contribution >= 4 is 17.5 Å². The van der Waals surface area contributed by atoms with Crippen LogP contribution in [-0.4, -0.2) is 35.8 Å². The van der Waals surface area contributed by atoms with Gasteiger partial charge in [0.2, 0.25) is 0 Å². The number of aromatic nitrogens is 2. The van der Waals surface area contributed by atoms with Gasteiger partial charge in [0.05, 0.1) is 18.4 Å². The molecule has 1 aromatic carbocycles. The van der Waals surface area contributed by atoms with Gasteiger partial charge in [-0.15, -0.1) is 0 Å². The first-order valence-corrected chi connectivity index (χ1v) is 6.27. The van der Waals surface area contributed by atoms with Gasteiger partial charge in [-0.1, -0.05) is 12.1 Å². The summed E-state index contributed by atoms with van der Waals surface area (Å²) in [6.45, 7) is 0. The molecule has 0 saturated carbocycles. The zero-order chi connectivity index (χ0) is 15.4. The summed E-state index contributed by atoms with van der Waals surface area (Å²) in [6, 6.07) is 6.85. The van der Waals surface area contributed by atoms with E-state index in [2.05, 4.69) is 15.7 Å². The predicted molar refractivity (Wildman–Crippen MR) is 77.5 cm³/mol. The zero-order valence-electron chi connectivity index (χ0n) is 12.0. The van der Waals surface area contributed by atoms with Crippen molar-refractivity contribution in [1.29, 1.82) is 0 Å². The molecule has 1 aromatic heterocycles. The number of nitrogens with one attached hydrogen (secondary N) is 2. The second-order valence-electron chi connectivity index (χ2n) is 4.30. The molecule has 0 aliphatic carbocycles. The van der Waals surface area contributed by atoms with Crippen LogP contribution in [0.3, 0.4) is 0 Å². The Hall–Kier alpha value is -2.83. The Morgan fingerprint density at radius 2 is 1.95 bits per heavy atom. The monoisotopic (exact) mass is 288 g/mol. The number of para-hydroxylation sites is 1. The minimum Gasteiger partial charge on any atom is -0.496 e. The molecule has 0 atom stereocenters. The third-order valence-corrected chi connectivity index (χ3v) is 2.87. The molecule has 21 heavy (non-hydrogen) atoms. The van der Waals surface area contributed by atoms with Crippen LogP contribution in [0.5, 0.6) is 5.75 Å². The van der Waals surface area contributed by atoms with Gasteiger partial charge in [0.1, 0.15) is 5.75 Å². The van der Waals surface area contributed by atoms with Gasteiger partial charge in [-0.25, -0.2) is 0 Å². The van der Waals surface area contributed by atoms with Crippen LogP contribution < -0.4 is 15.4 Å². The van der Waals surface area contributed by atoms with Crippen LogP contribution in [0.25, 0.3) is 0 Å². The van der Waals surface area contributed by atoms with Crippen molar-refractivity contribution in [2.75, 3.05) is 19.5 Å². The van der Waals surface area contributed by atoms with Crippen molar-refractivity contribution in [1.82, 2.24) is 15.1 Å². The number of carbonyl (C=O) groups is 2. The molecule has 0 fully saturated rings. The Bertz CT molecular complexity index is 679. The number of benzene rings is 1. The van der Waals surface area contributed by atoms with Crippen molar-refractivity contribution in [3.05, 3.63) is 41.7 Å². The lowest BCUT2D eigenvalue weighted by atomic mass is 10.2. The molecule has 0 saturated heterocycles. The molecule has 7 heteroatoms. The lowest BCUT2D eigenvalue weighted by Crippen LogP contribution is -2.21. The number of hydrogen-bond donors (Lipinski definition) is 2. The van der Waals surface area contributed by atoms with Crippen molar-refractivity contribution in [3.8, 4) is 5.75 Å². The summed E-state index contributed by atoms with van der Waals surface area (Å²) in [7, 11) is 4.67. The SMILES string of the molecule is CNC(=O)c1nn(C)cc1NC(=O)c1ccccc1OC. The first-order chi connectivity index (χ1) is 10.1. The van der Waals surface area contributed by atoms with Gasteiger partial charge in [-0.3, -0.25) is 14.3 Å². The first-order valence-electron chi connectivity index (χ1n) is 6.27. The van der Waals surface area contributed by atoms with Gasteiger partial charge in [0.15, 0.2) is 5.69 Å². The van der Waals surface area contributed by atoms with E-state index in [1.807, 2.05) is 0 Å². The molecular weight excluding hydrogens is 272 g/mol. The Labute approximate surface area is 121 Å². The molecule has 0 radical (unpaired) electrons. The summed E-state index contributed by atoms with van der Waals surface area (Å²) in [6.07, 6.45) is 1.57. The summed E-state index contributed by atoms with van der Waals surface area (Å²) >= 11 is 0. The number of anilines is 1. The normalized spacial score (nSPS) is 10.0. The van der Waals surface area contributed by atoms with Crippen LogP contribution >= 0.6 is 0 Å². The Kier molecular flexibility index (Phi) is 4.22. The molecule has 0 aliphatic heterocycles. The highest BCUT2D eigenvalue weighted by Crippen LogP contribution is 2.20. The van der Waals surface area contributed by atoms with Crippen LogP contribution in [0.4, 0.5) is 5.69 Å². The van der Waals surface area contributed by atoms with Crippen molar-refractivity contribution in [2.45, 2.75) is 0 Å². The van der Waals surface area contributed by atoms with Gasteiger partial charge in [-0.05, 0) is 12.1 Å². The van der Waals surface area contributed by atoms with E-state index < -0.39 is 0 Å². The average molecular weight is 288 g/mol. The third kappa shape index (κ3) is 3.02. The highest BCUT2D eigenvalue weighted by molar-refractivity contribution is 6.09. The van der Waals surface area contributed by atoms with E-state index in [9.17, 15) is 9.59 Å².